The lowest BCUT2D eigenvalue weighted by molar-refractivity contribution is 0.222. The molecule has 1 unspecified atom stereocenters. The fourth-order valence-corrected chi connectivity index (χ4v) is 3.18. The highest BCUT2D eigenvalue weighted by Gasteiger charge is 2.26. The third-order valence-electron chi connectivity index (χ3n) is 4.55. The summed E-state index contributed by atoms with van der Waals surface area (Å²) in [6.45, 7) is 5.17. The predicted octanol–water partition coefficient (Wildman–Crippen LogP) is 2.46. The van der Waals surface area contributed by atoms with Crippen molar-refractivity contribution in [3.63, 3.8) is 0 Å². The van der Waals surface area contributed by atoms with Crippen LogP contribution >= 0.6 is 0 Å². The highest BCUT2D eigenvalue weighted by Crippen LogP contribution is 2.18. The summed E-state index contributed by atoms with van der Waals surface area (Å²) in [4.78, 5) is 22.9. The Morgan fingerprint density at radius 3 is 2.96 bits per heavy atom. The summed E-state index contributed by atoms with van der Waals surface area (Å²) >= 11 is 0. The minimum Gasteiger partial charge on any atom is -0.364 e. The number of imidazole rings is 1. The van der Waals surface area contributed by atoms with E-state index < -0.39 is 0 Å². The molecule has 4 heterocycles. The Kier molecular flexibility index (Phi) is 4.16. The maximum atomic E-state index is 12.5. The van der Waals surface area contributed by atoms with Crippen molar-refractivity contribution in [1.82, 2.24) is 24.5 Å². The van der Waals surface area contributed by atoms with Gasteiger partial charge in [0.25, 0.3) is 0 Å². The molecule has 1 saturated heterocycles. The number of nitrogens with one attached hydrogen (secondary N) is 2. The quantitative estimate of drug-likeness (QED) is 0.757. The second kappa shape index (κ2) is 6.62. The lowest BCUT2D eigenvalue weighted by Crippen LogP contribution is -2.35. The standard InChI is InChI=1S/C18H21N7O/c1-12-3-4-15(13(2)20-12)22-18(26)24-9-7-14(11-24)21-16-5-6-17-19-8-10-25(17)23-16/h3-6,8,10,14H,7,9,11H2,1-2H3,(H,21,23)(H,22,26). The van der Waals surface area contributed by atoms with Crippen molar-refractivity contribution < 1.29 is 4.79 Å². The van der Waals surface area contributed by atoms with Crippen molar-refractivity contribution in [3.8, 4) is 0 Å². The zero-order chi connectivity index (χ0) is 18.1. The molecule has 1 atom stereocenters. The van der Waals surface area contributed by atoms with Crippen molar-refractivity contribution in [1.29, 1.82) is 0 Å². The van der Waals surface area contributed by atoms with Crippen LogP contribution in [0.2, 0.25) is 0 Å². The van der Waals surface area contributed by atoms with Gasteiger partial charge >= 0.3 is 6.03 Å². The normalized spacial score (nSPS) is 16.8. The molecule has 0 aliphatic carbocycles. The first-order chi connectivity index (χ1) is 12.6. The van der Waals surface area contributed by atoms with Crippen molar-refractivity contribution in [2.45, 2.75) is 26.3 Å². The average Bonchev–Trinajstić information content (AvgIpc) is 3.26. The van der Waals surface area contributed by atoms with Crippen LogP contribution in [-0.2, 0) is 0 Å². The molecule has 1 aliphatic rings. The van der Waals surface area contributed by atoms with Crippen molar-refractivity contribution in [3.05, 3.63) is 48.0 Å². The molecule has 134 valence electrons. The summed E-state index contributed by atoms with van der Waals surface area (Å²) in [5, 5.41) is 10.8. The molecule has 4 rings (SSSR count). The zero-order valence-corrected chi connectivity index (χ0v) is 14.8. The first-order valence-corrected chi connectivity index (χ1v) is 8.65. The number of aryl methyl sites for hydroxylation is 2. The van der Waals surface area contributed by atoms with Crippen molar-refractivity contribution >= 4 is 23.2 Å². The number of aromatic nitrogens is 4. The number of carbonyl (C=O) groups excluding carboxylic acids is 1. The first-order valence-electron chi connectivity index (χ1n) is 8.65. The van der Waals surface area contributed by atoms with E-state index in [0.717, 1.165) is 35.0 Å². The van der Waals surface area contributed by atoms with Crippen LogP contribution in [0.1, 0.15) is 17.8 Å². The first kappa shape index (κ1) is 16.3. The van der Waals surface area contributed by atoms with E-state index in [1.807, 2.05) is 49.2 Å². The van der Waals surface area contributed by atoms with E-state index in [9.17, 15) is 4.79 Å². The Morgan fingerprint density at radius 1 is 1.23 bits per heavy atom. The van der Waals surface area contributed by atoms with E-state index in [2.05, 4.69) is 25.7 Å². The minimum absolute atomic E-state index is 0.0962. The van der Waals surface area contributed by atoms with Crippen LogP contribution in [0.15, 0.2) is 36.7 Å². The van der Waals surface area contributed by atoms with Crippen molar-refractivity contribution in [2.24, 2.45) is 0 Å². The van der Waals surface area contributed by atoms with Crippen LogP contribution < -0.4 is 10.6 Å². The number of hydrogen-bond acceptors (Lipinski definition) is 5. The van der Waals surface area contributed by atoms with Crippen LogP contribution in [0.4, 0.5) is 16.3 Å². The lowest BCUT2D eigenvalue weighted by Gasteiger charge is -2.18. The van der Waals surface area contributed by atoms with E-state index in [4.69, 9.17) is 0 Å². The molecule has 0 aromatic carbocycles. The van der Waals surface area contributed by atoms with E-state index in [0.29, 0.717) is 13.1 Å². The van der Waals surface area contributed by atoms with Gasteiger partial charge in [-0.05, 0) is 44.5 Å². The largest absolute Gasteiger partial charge is 0.364 e. The molecule has 2 amide bonds. The van der Waals surface area contributed by atoms with Gasteiger partial charge in [-0.25, -0.2) is 14.3 Å². The number of fused-ring (bicyclic) bond motifs is 1. The summed E-state index contributed by atoms with van der Waals surface area (Å²) in [7, 11) is 0. The molecule has 1 fully saturated rings. The summed E-state index contributed by atoms with van der Waals surface area (Å²) in [6.07, 6.45) is 4.41. The van der Waals surface area contributed by atoms with Gasteiger partial charge in [0.15, 0.2) is 5.65 Å². The molecule has 0 bridgehead atoms. The minimum atomic E-state index is -0.0962. The number of nitrogens with zero attached hydrogens (tertiary/aromatic N) is 5. The molecule has 8 nitrogen and oxygen atoms in total. The molecular formula is C18H21N7O. The number of likely N-dealkylation sites (tertiary alicyclic amines) is 1. The smallest absolute Gasteiger partial charge is 0.321 e. The summed E-state index contributed by atoms with van der Waals surface area (Å²) in [5.41, 5.74) is 3.33. The monoisotopic (exact) mass is 351 g/mol. The Bertz CT molecular complexity index is 952. The lowest BCUT2D eigenvalue weighted by atomic mass is 10.2. The van der Waals surface area contributed by atoms with Gasteiger partial charge in [-0.3, -0.25) is 4.98 Å². The number of urea groups is 1. The van der Waals surface area contributed by atoms with Crippen LogP contribution in [0.5, 0.6) is 0 Å². The molecule has 26 heavy (non-hydrogen) atoms. The molecule has 2 N–H and O–H groups in total. The van der Waals surface area contributed by atoms with Crippen LogP contribution in [0.25, 0.3) is 5.65 Å². The van der Waals surface area contributed by atoms with Crippen LogP contribution in [0.3, 0.4) is 0 Å². The zero-order valence-electron chi connectivity index (χ0n) is 14.8. The third-order valence-corrected chi connectivity index (χ3v) is 4.55. The van der Waals surface area contributed by atoms with Crippen LogP contribution in [0, 0.1) is 13.8 Å². The maximum Gasteiger partial charge on any atom is 0.321 e. The Hall–Kier alpha value is -3.16. The molecule has 8 heteroatoms. The van der Waals surface area contributed by atoms with Gasteiger partial charge < -0.3 is 15.5 Å². The van der Waals surface area contributed by atoms with Gasteiger partial charge in [0.2, 0.25) is 0 Å². The maximum absolute atomic E-state index is 12.5. The Labute approximate surface area is 151 Å². The SMILES string of the molecule is Cc1ccc(NC(=O)N2CCC(Nc3ccc4nccn4n3)C2)c(C)n1. The van der Waals surface area contributed by atoms with Gasteiger partial charge in [0.05, 0.1) is 11.4 Å². The number of amides is 2. The van der Waals surface area contributed by atoms with E-state index in [-0.39, 0.29) is 12.1 Å². The van der Waals surface area contributed by atoms with E-state index in [1.165, 1.54) is 0 Å². The van der Waals surface area contributed by atoms with Gasteiger partial charge in [0.1, 0.15) is 5.82 Å². The fraction of sp³-hybridized carbons (Fsp3) is 0.333. The molecular weight excluding hydrogens is 330 g/mol. The fourth-order valence-electron chi connectivity index (χ4n) is 3.18. The molecule has 3 aromatic heterocycles. The number of anilines is 2. The second-order valence-corrected chi connectivity index (χ2v) is 6.54. The number of rotatable bonds is 3. The van der Waals surface area contributed by atoms with Crippen molar-refractivity contribution in [2.75, 3.05) is 23.7 Å². The van der Waals surface area contributed by atoms with E-state index in [1.54, 1.807) is 10.7 Å². The number of pyridine rings is 1. The third kappa shape index (κ3) is 3.30. The predicted molar refractivity (Wildman–Crippen MR) is 99.3 cm³/mol. The average molecular weight is 351 g/mol. The molecule has 3 aromatic rings. The van der Waals surface area contributed by atoms with Gasteiger partial charge in [-0.2, -0.15) is 0 Å². The Morgan fingerprint density at radius 2 is 2.12 bits per heavy atom. The number of hydrogen-bond donors (Lipinski definition) is 2. The summed E-state index contributed by atoms with van der Waals surface area (Å²) in [5.74, 6) is 0.779. The number of carbonyl (C=O) groups is 1. The molecule has 0 saturated carbocycles. The van der Waals surface area contributed by atoms with Gasteiger partial charge in [0, 0.05) is 37.2 Å². The van der Waals surface area contributed by atoms with E-state index >= 15 is 0 Å². The summed E-state index contributed by atoms with van der Waals surface area (Å²) < 4.78 is 1.73. The highest BCUT2D eigenvalue weighted by molar-refractivity contribution is 5.90. The topological polar surface area (TPSA) is 87.5 Å². The molecule has 1 aliphatic heterocycles. The Balaban J connectivity index is 1.37. The van der Waals surface area contributed by atoms with Gasteiger partial charge in [-0.15, -0.1) is 5.10 Å². The van der Waals surface area contributed by atoms with Gasteiger partial charge in [-0.1, -0.05) is 0 Å². The second-order valence-electron chi connectivity index (χ2n) is 6.54. The summed E-state index contributed by atoms with van der Waals surface area (Å²) in [6, 6.07) is 7.70. The molecule has 0 radical (unpaired) electrons. The van der Waals surface area contributed by atoms with Crippen LogP contribution in [-0.4, -0.2) is 49.6 Å². The molecule has 0 spiro atoms. The highest BCUT2D eigenvalue weighted by atomic mass is 16.2.